The topological polar surface area (TPSA) is 12.0 Å². The van der Waals surface area contributed by atoms with E-state index in [9.17, 15) is 0 Å². The Morgan fingerprint density at radius 3 is 2.60 bits per heavy atom. The summed E-state index contributed by atoms with van der Waals surface area (Å²) in [5.74, 6) is 2.16. The lowest BCUT2D eigenvalue weighted by molar-refractivity contribution is 0.344. The van der Waals surface area contributed by atoms with E-state index in [0.717, 1.165) is 11.8 Å². The van der Waals surface area contributed by atoms with Crippen LogP contribution in [0.15, 0.2) is 0 Å². The molecule has 2 aliphatic rings. The molecule has 2 fully saturated rings. The molecule has 0 bridgehead atoms. The highest BCUT2D eigenvalue weighted by atomic mass is 14.9. The normalized spacial score (nSPS) is 34.2. The average molecular weight is 139 g/mol. The van der Waals surface area contributed by atoms with Gasteiger partial charge in [0.15, 0.2) is 0 Å². The van der Waals surface area contributed by atoms with Crippen LogP contribution in [-0.4, -0.2) is 13.1 Å². The first-order valence-electron chi connectivity index (χ1n) is 4.66. The summed E-state index contributed by atoms with van der Waals surface area (Å²) in [5, 5.41) is 3.47. The summed E-state index contributed by atoms with van der Waals surface area (Å²) in [4.78, 5) is 0. The highest BCUT2D eigenvalue weighted by Crippen LogP contribution is 2.36. The zero-order chi connectivity index (χ0) is 6.81. The van der Waals surface area contributed by atoms with E-state index in [2.05, 4.69) is 5.32 Å². The van der Waals surface area contributed by atoms with Gasteiger partial charge in [0.2, 0.25) is 0 Å². The van der Waals surface area contributed by atoms with Crippen LogP contribution in [-0.2, 0) is 0 Å². The molecule has 1 unspecified atom stereocenters. The molecule has 0 aromatic carbocycles. The van der Waals surface area contributed by atoms with Gasteiger partial charge >= 0.3 is 0 Å². The molecule has 0 aromatic rings. The van der Waals surface area contributed by atoms with E-state index in [-0.39, 0.29) is 0 Å². The van der Waals surface area contributed by atoms with E-state index in [1.165, 1.54) is 45.2 Å². The van der Waals surface area contributed by atoms with Gasteiger partial charge < -0.3 is 5.32 Å². The minimum absolute atomic E-state index is 1.03. The first-order chi connectivity index (χ1) is 4.95. The predicted molar refractivity (Wildman–Crippen MR) is 42.9 cm³/mol. The number of piperidine rings is 1. The van der Waals surface area contributed by atoms with Crippen LogP contribution in [0.5, 0.6) is 0 Å². The first kappa shape index (κ1) is 6.66. The molecule has 0 aromatic heterocycles. The molecule has 2 rings (SSSR count). The molecule has 10 heavy (non-hydrogen) atoms. The molecular weight excluding hydrogens is 122 g/mol. The monoisotopic (exact) mass is 139 g/mol. The maximum atomic E-state index is 3.47. The molecule has 1 atom stereocenters. The number of nitrogens with one attached hydrogen (secondary N) is 1. The van der Waals surface area contributed by atoms with Crippen LogP contribution in [0.4, 0.5) is 0 Å². The molecule has 58 valence electrons. The molecule has 1 nitrogen and oxygen atoms in total. The van der Waals surface area contributed by atoms with Crippen molar-refractivity contribution in [1.82, 2.24) is 5.32 Å². The van der Waals surface area contributed by atoms with E-state index in [4.69, 9.17) is 0 Å². The molecule has 0 radical (unpaired) electrons. The Kier molecular flexibility index (Phi) is 1.94. The third-order valence-electron chi connectivity index (χ3n) is 2.76. The zero-order valence-corrected chi connectivity index (χ0v) is 6.60. The van der Waals surface area contributed by atoms with Crippen LogP contribution in [0.1, 0.15) is 32.1 Å². The average Bonchev–Trinajstić information content (AvgIpc) is 2.74. The van der Waals surface area contributed by atoms with E-state index in [1.54, 1.807) is 0 Å². The molecule has 0 spiro atoms. The van der Waals surface area contributed by atoms with Crippen molar-refractivity contribution in [3.8, 4) is 0 Å². The van der Waals surface area contributed by atoms with Crippen molar-refractivity contribution in [3.63, 3.8) is 0 Å². The quantitative estimate of drug-likeness (QED) is 0.615. The summed E-state index contributed by atoms with van der Waals surface area (Å²) in [6, 6.07) is 0. The molecule has 1 heteroatoms. The smallest absolute Gasteiger partial charge is 0.00204 e. The Hall–Kier alpha value is -0.0400. The van der Waals surface area contributed by atoms with Crippen molar-refractivity contribution < 1.29 is 0 Å². The van der Waals surface area contributed by atoms with Crippen molar-refractivity contribution in [2.75, 3.05) is 13.1 Å². The van der Waals surface area contributed by atoms with E-state index in [1.807, 2.05) is 0 Å². The molecule has 1 aliphatic carbocycles. The van der Waals surface area contributed by atoms with Crippen molar-refractivity contribution in [2.24, 2.45) is 11.8 Å². The molecule has 0 amide bonds. The maximum Gasteiger partial charge on any atom is -0.00204 e. The summed E-state index contributed by atoms with van der Waals surface area (Å²) in [6.45, 7) is 2.57. The summed E-state index contributed by atoms with van der Waals surface area (Å²) >= 11 is 0. The van der Waals surface area contributed by atoms with Crippen molar-refractivity contribution in [3.05, 3.63) is 0 Å². The minimum atomic E-state index is 1.03. The SMILES string of the molecule is C1CNCC(CC2CC2)C1. The molecule has 1 heterocycles. The molecule has 1 saturated heterocycles. The fourth-order valence-corrected chi connectivity index (χ4v) is 1.95. The van der Waals surface area contributed by atoms with Crippen LogP contribution in [0, 0.1) is 11.8 Å². The highest BCUT2D eigenvalue weighted by molar-refractivity contribution is 4.79. The highest BCUT2D eigenvalue weighted by Gasteiger charge is 2.25. The van der Waals surface area contributed by atoms with Gasteiger partial charge in [-0.15, -0.1) is 0 Å². The van der Waals surface area contributed by atoms with E-state index < -0.39 is 0 Å². The Balaban J connectivity index is 1.69. The summed E-state index contributed by atoms with van der Waals surface area (Å²) in [6.07, 6.45) is 7.47. The Labute approximate surface area is 63.2 Å². The second kappa shape index (κ2) is 2.91. The third-order valence-corrected chi connectivity index (χ3v) is 2.76. The molecule has 1 N–H and O–H groups in total. The van der Waals surface area contributed by atoms with Crippen LogP contribution in [0.25, 0.3) is 0 Å². The minimum Gasteiger partial charge on any atom is -0.316 e. The fourth-order valence-electron chi connectivity index (χ4n) is 1.95. The van der Waals surface area contributed by atoms with E-state index >= 15 is 0 Å². The fraction of sp³-hybridized carbons (Fsp3) is 1.00. The largest absolute Gasteiger partial charge is 0.316 e. The lowest BCUT2D eigenvalue weighted by Crippen LogP contribution is -2.29. The van der Waals surface area contributed by atoms with Gasteiger partial charge in [-0.1, -0.05) is 12.8 Å². The van der Waals surface area contributed by atoms with Gasteiger partial charge in [-0.2, -0.15) is 0 Å². The summed E-state index contributed by atoms with van der Waals surface area (Å²) < 4.78 is 0. The molecular formula is C9H17N. The Bertz CT molecular complexity index is 101. The first-order valence-corrected chi connectivity index (χ1v) is 4.66. The maximum absolute atomic E-state index is 3.47. The van der Waals surface area contributed by atoms with Crippen molar-refractivity contribution in [1.29, 1.82) is 0 Å². The summed E-state index contributed by atoms with van der Waals surface area (Å²) in [7, 11) is 0. The van der Waals surface area contributed by atoms with Crippen LogP contribution in [0.2, 0.25) is 0 Å². The van der Waals surface area contributed by atoms with Crippen LogP contribution >= 0.6 is 0 Å². The van der Waals surface area contributed by atoms with Crippen molar-refractivity contribution >= 4 is 0 Å². The van der Waals surface area contributed by atoms with Gasteiger partial charge in [0.25, 0.3) is 0 Å². The zero-order valence-electron chi connectivity index (χ0n) is 6.60. The van der Waals surface area contributed by atoms with Gasteiger partial charge in [-0.25, -0.2) is 0 Å². The van der Waals surface area contributed by atoms with Gasteiger partial charge in [-0.05, 0) is 44.2 Å². The lowest BCUT2D eigenvalue weighted by atomic mass is 9.94. The standard InChI is InChI=1S/C9H17N/c1-2-9(7-10-5-1)6-8-3-4-8/h8-10H,1-7H2. The van der Waals surface area contributed by atoms with E-state index in [0.29, 0.717) is 0 Å². The van der Waals surface area contributed by atoms with Crippen LogP contribution in [0.3, 0.4) is 0 Å². The number of hydrogen-bond acceptors (Lipinski definition) is 1. The van der Waals surface area contributed by atoms with Gasteiger partial charge in [-0.3, -0.25) is 0 Å². The summed E-state index contributed by atoms with van der Waals surface area (Å²) in [5.41, 5.74) is 0. The predicted octanol–water partition coefficient (Wildman–Crippen LogP) is 1.79. The van der Waals surface area contributed by atoms with Crippen molar-refractivity contribution in [2.45, 2.75) is 32.1 Å². The second-order valence-corrected chi connectivity index (χ2v) is 3.89. The molecule has 1 aliphatic heterocycles. The van der Waals surface area contributed by atoms with Gasteiger partial charge in [0, 0.05) is 0 Å². The lowest BCUT2D eigenvalue weighted by Gasteiger charge is -2.22. The Morgan fingerprint density at radius 1 is 1.10 bits per heavy atom. The number of hydrogen-bond donors (Lipinski definition) is 1. The third kappa shape index (κ3) is 1.72. The number of rotatable bonds is 2. The van der Waals surface area contributed by atoms with Gasteiger partial charge in [0.05, 0.1) is 0 Å². The molecule has 1 saturated carbocycles. The van der Waals surface area contributed by atoms with Gasteiger partial charge in [0.1, 0.15) is 0 Å². The second-order valence-electron chi connectivity index (χ2n) is 3.89. The van der Waals surface area contributed by atoms with Crippen LogP contribution < -0.4 is 5.32 Å². The Morgan fingerprint density at radius 2 is 2.00 bits per heavy atom.